The van der Waals surface area contributed by atoms with E-state index in [1.165, 1.54) is 0 Å². The average Bonchev–Trinajstić information content (AvgIpc) is 2.31. The largest absolute Gasteiger partial charge is 0.429 e. The van der Waals surface area contributed by atoms with Gasteiger partial charge in [0.15, 0.2) is 6.54 Å². The zero-order chi connectivity index (χ0) is 8.77. The van der Waals surface area contributed by atoms with Crippen molar-refractivity contribution < 1.29 is 9.20 Å². The third kappa shape index (κ3) is 1.07. The van der Waals surface area contributed by atoms with Gasteiger partial charge in [-0.05, 0) is 10.7 Å². The van der Waals surface area contributed by atoms with Gasteiger partial charge in [0, 0.05) is 12.8 Å². The van der Waals surface area contributed by atoms with Crippen molar-refractivity contribution in [3.8, 4) is 0 Å². The minimum atomic E-state index is -0.220. The number of fused-ring (bicyclic) bond motifs is 1. The van der Waals surface area contributed by atoms with E-state index in [2.05, 4.69) is 19.1 Å². The lowest BCUT2D eigenvalue weighted by Crippen LogP contribution is -2.48. The second-order valence-corrected chi connectivity index (χ2v) is 4.17. The van der Waals surface area contributed by atoms with Crippen molar-refractivity contribution in [3.05, 3.63) is 16.1 Å². The van der Waals surface area contributed by atoms with Gasteiger partial charge in [-0.1, -0.05) is 18.5 Å². The molecule has 0 spiro atoms. The Labute approximate surface area is 70.1 Å². The van der Waals surface area contributed by atoms with Crippen molar-refractivity contribution in [2.24, 2.45) is 5.41 Å². The minimum absolute atomic E-state index is 0.220. The number of nitrogens with one attached hydrogen (secondary N) is 1. The van der Waals surface area contributed by atoms with Crippen LogP contribution in [0.3, 0.4) is 0 Å². The van der Waals surface area contributed by atoms with Gasteiger partial charge in [0.05, 0.1) is 0 Å². The fourth-order valence-corrected chi connectivity index (χ4v) is 1.63. The summed E-state index contributed by atoms with van der Waals surface area (Å²) in [7, 11) is 0. The summed E-state index contributed by atoms with van der Waals surface area (Å²) in [6.45, 7) is 5.19. The molecule has 0 unspecified atom stereocenters. The van der Waals surface area contributed by atoms with Crippen molar-refractivity contribution in [3.63, 3.8) is 0 Å². The van der Waals surface area contributed by atoms with E-state index in [1.807, 2.05) is 0 Å². The molecule has 2 heterocycles. The lowest BCUT2D eigenvalue weighted by molar-refractivity contribution is -0.775. The molecule has 0 saturated heterocycles. The molecule has 1 aliphatic heterocycles. The fraction of sp³-hybridized carbons (Fsp3) is 0.750. The predicted molar refractivity (Wildman–Crippen MR) is 41.6 cm³/mol. The molecular weight excluding hydrogens is 156 g/mol. The van der Waals surface area contributed by atoms with Crippen LogP contribution in [0.5, 0.6) is 0 Å². The molecule has 1 aliphatic rings. The lowest BCUT2D eigenvalue weighted by Gasteiger charge is -2.22. The number of H-pyrrole nitrogens is 1. The molecule has 0 bridgehead atoms. The van der Waals surface area contributed by atoms with Crippen LogP contribution in [0.1, 0.15) is 26.0 Å². The molecule has 2 rings (SSSR count). The van der Waals surface area contributed by atoms with Gasteiger partial charge in [-0.3, -0.25) is 4.52 Å². The summed E-state index contributed by atoms with van der Waals surface area (Å²) in [5.74, 6) is 0. The van der Waals surface area contributed by atoms with E-state index in [0.717, 1.165) is 25.1 Å². The highest BCUT2D eigenvalue weighted by molar-refractivity contribution is 4.91. The molecule has 1 aromatic heterocycles. The molecule has 12 heavy (non-hydrogen) atoms. The minimum Gasteiger partial charge on any atom is -0.283 e. The second-order valence-electron chi connectivity index (χ2n) is 4.17. The maximum atomic E-state index is 11.1. The highest BCUT2D eigenvalue weighted by Gasteiger charge is 2.35. The van der Waals surface area contributed by atoms with Gasteiger partial charge in [-0.15, -0.1) is 0 Å². The van der Waals surface area contributed by atoms with Crippen LogP contribution in [0, 0.1) is 5.41 Å². The Morgan fingerprint density at radius 2 is 2.33 bits per heavy atom. The Morgan fingerprint density at radius 3 is 3.08 bits per heavy atom. The molecule has 4 heteroatoms. The molecule has 66 valence electrons. The summed E-state index contributed by atoms with van der Waals surface area (Å²) in [5, 5.41) is 2.59. The van der Waals surface area contributed by atoms with Crippen LogP contribution in [0.2, 0.25) is 0 Å². The van der Waals surface area contributed by atoms with E-state index in [9.17, 15) is 4.79 Å². The first kappa shape index (κ1) is 7.58. The van der Waals surface area contributed by atoms with Gasteiger partial charge >= 0.3 is 5.63 Å². The molecule has 1 N–H and O–H groups in total. The Bertz CT molecular complexity index is 348. The molecule has 0 saturated carbocycles. The van der Waals surface area contributed by atoms with Crippen molar-refractivity contribution >= 4 is 0 Å². The van der Waals surface area contributed by atoms with E-state index >= 15 is 0 Å². The zero-order valence-electron chi connectivity index (χ0n) is 7.39. The summed E-state index contributed by atoms with van der Waals surface area (Å²) >= 11 is 0. The first-order valence-corrected chi connectivity index (χ1v) is 4.19. The molecular formula is C8H13N2O2+. The van der Waals surface area contributed by atoms with E-state index < -0.39 is 0 Å². The summed E-state index contributed by atoms with van der Waals surface area (Å²) < 4.78 is 6.49. The molecule has 4 nitrogen and oxygen atoms in total. The van der Waals surface area contributed by atoms with E-state index in [1.54, 1.807) is 4.68 Å². The summed E-state index contributed by atoms with van der Waals surface area (Å²) in [4.78, 5) is 11.1. The van der Waals surface area contributed by atoms with E-state index in [4.69, 9.17) is 4.52 Å². The third-order valence-electron chi connectivity index (χ3n) is 2.47. The molecule has 0 atom stereocenters. The maximum Gasteiger partial charge on any atom is 0.429 e. The second kappa shape index (κ2) is 2.21. The average molecular weight is 169 g/mol. The molecule has 0 fully saturated rings. The number of rotatable bonds is 0. The van der Waals surface area contributed by atoms with Gasteiger partial charge in [0.25, 0.3) is 5.69 Å². The van der Waals surface area contributed by atoms with E-state index in [0.29, 0.717) is 0 Å². The number of aromatic amines is 1. The fourth-order valence-electron chi connectivity index (χ4n) is 1.63. The molecule has 0 aliphatic carbocycles. The lowest BCUT2D eigenvalue weighted by atomic mass is 9.82. The van der Waals surface area contributed by atoms with Gasteiger partial charge in [0.2, 0.25) is 0 Å². The highest BCUT2D eigenvalue weighted by Crippen LogP contribution is 2.26. The van der Waals surface area contributed by atoms with Crippen molar-refractivity contribution in [2.45, 2.75) is 33.2 Å². The van der Waals surface area contributed by atoms with Crippen molar-refractivity contribution in [1.29, 1.82) is 0 Å². The number of hydrogen-bond donors (Lipinski definition) is 1. The van der Waals surface area contributed by atoms with Crippen LogP contribution in [0.4, 0.5) is 0 Å². The standard InChI is InChI=1S/C8H12N2O2/c1-8(2)3-4-10-6(5-8)7(11)12-9-10/h3-5H2,1-2H3/p+1. The van der Waals surface area contributed by atoms with Gasteiger partial charge < -0.3 is 0 Å². The van der Waals surface area contributed by atoms with Crippen LogP contribution in [-0.2, 0) is 13.0 Å². The SMILES string of the molecule is CC1(C)CC[n+]2[nH]oc(=O)c2C1. The topological polar surface area (TPSA) is 49.9 Å². The Kier molecular flexibility index (Phi) is 1.40. The smallest absolute Gasteiger partial charge is 0.283 e. The Balaban J connectivity index is 2.45. The Morgan fingerprint density at radius 1 is 1.58 bits per heavy atom. The molecule has 0 radical (unpaired) electrons. The molecule has 0 aromatic carbocycles. The van der Waals surface area contributed by atoms with Crippen molar-refractivity contribution in [1.82, 2.24) is 5.27 Å². The quantitative estimate of drug-likeness (QED) is 0.565. The first-order valence-electron chi connectivity index (χ1n) is 4.19. The third-order valence-corrected chi connectivity index (χ3v) is 2.47. The first-order chi connectivity index (χ1) is 5.58. The summed E-state index contributed by atoms with van der Waals surface area (Å²) in [6.07, 6.45) is 1.89. The highest BCUT2D eigenvalue weighted by atomic mass is 16.5. The van der Waals surface area contributed by atoms with Crippen molar-refractivity contribution in [2.75, 3.05) is 0 Å². The van der Waals surface area contributed by atoms with Crippen LogP contribution in [-0.4, -0.2) is 5.27 Å². The van der Waals surface area contributed by atoms with Crippen LogP contribution in [0.15, 0.2) is 9.32 Å². The maximum absolute atomic E-state index is 11.1. The zero-order valence-corrected chi connectivity index (χ0v) is 7.39. The van der Waals surface area contributed by atoms with E-state index in [-0.39, 0.29) is 11.0 Å². The van der Waals surface area contributed by atoms with Gasteiger partial charge in [0.1, 0.15) is 0 Å². The predicted octanol–water partition coefficient (Wildman–Crippen LogP) is 0.228. The van der Waals surface area contributed by atoms with Crippen LogP contribution >= 0.6 is 0 Å². The van der Waals surface area contributed by atoms with Crippen LogP contribution in [0.25, 0.3) is 0 Å². The number of aryl methyl sites for hydroxylation is 1. The van der Waals surface area contributed by atoms with Crippen LogP contribution < -0.4 is 10.3 Å². The number of aromatic nitrogens is 2. The monoisotopic (exact) mass is 169 g/mol. The Hall–Kier alpha value is -1.06. The number of hydrogen-bond acceptors (Lipinski definition) is 2. The summed E-state index contributed by atoms with van der Waals surface area (Å²) in [5.41, 5.74) is 0.783. The van der Waals surface area contributed by atoms with Gasteiger partial charge in [-0.25, -0.2) is 4.79 Å². The molecule has 0 amide bonds. The normalized spacial score (nSPS) is 20.5. The molecule has 1 aromatic rings. The summed E-state index contributed by atoms with van der Waals surface area (Å²) in [6, 6.07) is 0. The number of nitrogens with zero attached hydrogens (tertiary/aromatic N) is 1. The van der Waals surface area contributed by atoms with Gasteiger partial charge in [-0.2, -0.15) is 0 Å².